The number of aliphatic carboxylic acids is 1. The number of rotatable bonds is 3. The van der Waals surface area contributed by atoms with Crippen molar-refractivity contribution in [3.63, 3.8) is 0 Å². The molecule has 1 heterocycles. The zero-order chi connectivity index (χ0) is 11.6. The summed E-state index contributed by atoms with van der Waals surface area (Å²) in [7, 11) is 1.49. The molecular formula is C10H14N2O3. The van der Waals surface area contributed by atoms with Crippen molar-refractivity contribution in [1.82, 2.24) is 9.97 Å². The summed E-state index contributed by atoms with van der Waals surface area (Å²) in [4.78, 5) is 19.0. The van der Waals surface area contributed by atoms with Crippen LogP contribution in [0.1, 0.15) is 25.1 Å². The summed E-state index contributed by atoms with van der Waals surface area (Å²) in [5.41, 5.74) is 0.0922. The normalized spacial score (nSPS) is 11.2. The van der Waals surface area contributed by atoms with Gasteiger partial charge in [-0.25, -0.2) is 9.97 Å². The number of carboxylic acid groups (broad SMARTS) is 1. The number of hydrogen-bond acceptors (Lipinski definition) is 4. The van der Waals surface area contributed by atoms with Gasteiger partial charge in [-0.05, 0) is 20.8 Å². The zero-order valence-electron chi connectivity index (χ0n) is 9.24. The average Bonchev–Trinajstić information content (AvgIpc) is 2.17. The fraction of sp³-hybridized carbons (Fsp3) is 0.500. The van der Waals surface area contributed by atoms with Crippen molar-refractivity contribution in [3.8, 4) is 5.88 Å². The van der Waals surface area contributed by atoms with Crippen LogP contribution in [-0.2, 0) is 10.2 Å². The third kappa shape index (κ3) is 1.91. The highest BCUT2D eigenvalue weighted by molar-refractivity contribution is 5.80. The lowest BCUT2D eigenvalue weighted by Crippen LogP contribution is -2.30. The molecule has 0 spiro atoms. The Kier molecular flexibility index (Phi) is 2.93. The third-order valence-electron chi connectivity index (χ3n) is 2.36. The van der Waals surface area contributed by atoms with Crippen LogP contribution in [0.4, 0.5) is 0 Å². The molecule has 5 nitrogen and oxygen atoms in total. The lowest BCUT2D eigenvalue weighted by Gasteiger charge is -2.20. The van der Waals surface area contributed by atoms with Gasteiger partial charge in [0.15, 0.2) is 0 Å². The molecule has 0 aromatic carbocycles. The quantitative estimate of drug-likeness (QED) is 0.810. The van der Waals surface area contributed by atoms with Crippen LogP contribution in [0.25, 0.3) is 0 Å². The highest BCUT2D eigenvalue weighted by Gasteiger charge is 2.33. The van der Waals surface area contributed by atoms with Crippen LogP contribution < -0.4 is 4.74 Å². The van der Waals surface area contributed by atoms with E-state index in [1.54, 1.807) is 20.8 Å². The molecule has 0 fully saturated rings. The molecule has 1 N–H and O–H groups in total. The van der Waals surface area contributed by atoms with Crippen LogP contribution in [0.15, 0.2) is 6.33 Å². The molecule has 5 heteroatoms. The van der Waals surface area contributed by atoms with E-state index in [1.165, 1.54) is 13.4 Å². The topological polar surface area (TPSA) is 72.3 Å². The van der Waals surface area contributed by atoms with E-state index in [4.69, 9.17) is 9.84 Å². The van der Waals surface area contributed by atoms with Crippen molar-refractivity contribution in [2.75, 3.05) is 7.11 Å². The van der Waals surface area contributed by atoms with Crippen molar-refractivity contribution in [1.29, 1.82) is 0 Å². The molecule has 1 aromatic heterocycles. The van der Waals surface area contributed by atoms with Crippen LogP contribution in [0.3, 0.4) is 0 Å². The summed E-state index contributed by atoms with van der Waals surface area (Å²) in [6.07, 6.45) is 1.31. The van der Waals surface area contributed by atoms with E-state index in [-0.39, 0.29) is 0 Å². The van der Waals surface area contributed by atoms with E-state index in [2.05, 4.69) is 9.97 Å². The van der Waals surface area contributed by atoms with Gasteiger partial charge in [0.05, 0.1) is 12.8 Å². The molecule has 82 valence electrons. The number of methoxy groups -OCH3 is 1. The number of hydrogen-bond donors (Lipinski definition) is 1. The van der Waals surface area contributed by atoms with E-state index in [0.717, 1.165) is 0 Å². The Morgan fingerprint density at radius 2 is 2.07 bits per heavy atom. The standard InChI is InChI=1S/C10H14N2O3/c1-6-7(10(2,3)9(13)14)11-5-12-8(6)15-4/h5H,1-4H3,(H,13,14). The molecule has 0 aliphatic rings. The van der Waals surface area contributed by atoms with E-state index >= 15 is 0 Å². The van der Waals surface area contributed by atoms with E-state index < -0.39 is 11.4 Å². The Hall–Kier alpha value is -1.65. The summed E-state index contributed by atoms with van der Waals surface area (Å²) < 4.78 is 5.02. The SMILES string of the molecule is COc1ncnc(C(C)(C)C(=O)O)c1C. The molecule has 1 aromatic rings. The molecule has 1 rings (SSSR count). The van der Waals surface area contributed by atoms with Gasteiger partial charge < -0.3 is 9.84 Å². The molecule has 0 bridgehead atoms. The predicted molar refractivity (Wildman–Crippen MR) is 54.0 cm³/mol. The molecule has 15 heavy (non-hydrogen) atoms. The molecular weight excluding hydrogens is 196 g/mol. The largest absolute Gasteiger partial charge is 0.481 e. The summed E-state index contributed by atoms with van der Waals surface area (Å²) in [5.74, 6) is -0.513. The number of ether oxygens (including phenoxy) is 1. The van der Waals surface area contributed by atoms with Gasteiger partial charge in [0.1, 0.15) is 11.7 Å². The second-order valence-electron chi connectivity index (χ2n) is 3.79. The maximum absolute atomic E-state index is 11.1. The van der Waals surface area contributed by atoms with Crippen LogP contribution in [-0.4, -0.2) is 28.2 Å². The van der Waals surface area contributed by atoms with E-state index in [9.17, 15) is 4.79 Å². The lowest BCUT2D eigenvalue weighted by atomic mass is 9.87. The Morgan fingerprint density at radius 1 is 1.47 bits per heavy atom. The zero-order valence-corrected chi connectivity index (χ0v) is 9.24. The van der Waals surface area contributed by atoms with Gasteiger partial charge in [-0.15, -0.1) is 0 Å². The van der Waals surface area contributed by atoms with Crippen LogP contribution in [0, 0.1) is 6.92 Å². The fourth-order valence-electron chi connectivity index (χ4n) is 1.37. The van der Waals surface area contributed by atoms with Crippen LogP contribution in [0.5, 0.6) is 5.88 Å². The van der Waals surface area contributed by atoms with E-state index in [1.807, 2.05) is 0 Å². The predicted octanol–water partition coefficient (Wildman–Crippen LogP) is 1.16. The average molecular weight is 210 g/mol. The first-order valence-corrected chi connectivity index (χ1v) is 4.50. The van der Waals surface area contributed by atoms with Gasteiger partial charge in [-0.2, -0.15) is 0 Å². The van der Waals surface area contributed by atoms with Crippen molar-refractivity contribution >= 4 is 5.97 Å². The number of carboxylic acids is 1. The highest BCUT2D eigenvalue weighted by Crippen LogP contribution is 2.27. The molecule has 0 atom stereocenters. The van der Waals surface area contributed by atoms with E-state index in [0.29, 0.717) is 17.1 Å². The smallest absolute Gasteiger partial charge is 0.315 e. The molecule has 0 radical (unpaired) electrons. The molecule has 0 saturated heterocycles. The number of nitrogens with zero attached hydrogens (tertiary/aromatic N) is 2. The molecule has 0 saturated carbocycles. The van der Waals surface area contributed by atoms with Crippen molar-refractivity contribution in [2.24, 2.45) is 0 Å². The van der Waals surface area contributed by atoms with Crippen LogP contribution >= 0.6 is 0 Å². The Bertz CT molecular complexity index is 388. The number of carbonyl (C=O) groups is 1. The third-order valence-corrected chi connectivity index (χ3v) is 2.36. The summed E-state index contributed by atoms with van der Waals surface area (Å²) in [6, 6.07) is 0. The minimum atomic E-state index is -1.04. The van der Waals surface area contributed by atoms with Gasteiger partial charge in [-0.1, -0.05) is 0 Å². The fourth-order valence-corrected chi connectivity index (χ4v) is 1.37. The molecule has 0 amide bonds. The maximum Gasteiger partial charge on any atom is 0.315 e. The molecule has 0 unspecified atom stereocenters. The maximum atomic E-state index is 11.1. The molecule has 0 aliphatic heterocycles. The second-order valence-corrected chi connectivity index (χ2v) is 3.79. The van der Waals surface area contributed by atoms with Crippen molar-refractivity contribution in [2.45, 2.75) is 26.2 Å². The summed E-state index contributed by atoms with van der Waals surface area (Å²) in [5, 5.41) is 9.08. The minimum Gasteiger partial charge on any atom is -0.481 e. The summed E-state index contributed by atoms with van der Waals surface area (Å²) in [6.45, 7) is 4.95. The van der Waals surface area contributed by atoms with Crippen molar-refractivity contribution in [3.05, 3.63) is 17.6 Å². The van der Waals surface area contributed by atoms with Gasteiger partial charge in [-0.3, -0.25) is 4.79 Å². The van der Waals surface area contributed by atoms with Crippen LogP contribution in [0.2, 0.25) is 0 Å². The summed E-state index contributed by atoms with van der Waals surface area (Å²) >= 11 is 0. The first kappa shape index (κ1) is 11.4. The monoisotopic (exact) mass is 210 g/mol. The van der Waals surface area contributed by atoms with Crippen molar-refractivity contribution < 1.29 is 14.6 Å². The minimum absolute atomic E-state index is 0.411. The second kappa shape index (κ2) is 3.84. The number of aromatic nitrogens is 2. The Balaban J connectivity index is 3.32. The Morgan fingerprint density at radius 3 is 2.53 bits per heavy atom. The lowest BCUT2D eigenvalue weighted by molar-refractivity contribution is -0.142. The Labute approximate surface area is 88.1 Å². The van der Waals surface area contributed by atoms with Gasteiger partial charge >= 0.3 is 5.97 Å². The van der Waals surface area contributed by atoms with Gasteiger partial charge in [0.25, 0.3) is 0 Å². The van der Waals surface area contributed by atoms with Gasteiger partial charge in [0.2, 0.25) is 5.88 Å². The van der Waals surface area contributed by atoms with Gasteiger partial charge in [0, 0.05) is 5.56 Å². The highest BCUT2D eigenvalue weighted by atomic mass is 16.5. The first-order valence-electron chi connectivity index (χ1n) is 4.50. The molecule has 0 aliphatic carbocycles. The first-order chi connectivity index (χ1) is 6.91.